The van der Waals surface area contributed by atoms with Gasteiger partial charge in [-0.3, -0.25) is 0 Å². The first-order chi connectivity index (χ1) is 8.00. The lowest BCUT2D eigenvalue weighted by atomic mass is 10.1. The zero-order valence-electron chi connectivity index (χ0n) is 8.62. The molecule has 1 atom stereocenters. The van der Waals surface area contributed by atoms with Crippen molar-refractivity contribution in [2.45, 2.75) is 12.3 Å². The molecule has 3 nitrogen and oxygen atoms in total. The first kappa shape index (κ1) is 11.7. The number of halogens is 3. The van der Waals surface area contributed by atoms with Gasteiger partial charge in [0.25, 0.3) is 0 Å². The molecule has 1 aliphatic heterocycles. The van der Waals surface area contributed by atoms with E-state index in [1.807, 2.05) is 0 Å². The Kier molecular flexibility index (Phi) is 2.94. The summed E-state index contributed by atoms with van der Waals surface area (Å²) in [5.74, 6) is -0.271. The van der Waals surface area contributed by atoms with E-state index >= 15 is 0 Å². The summed E-state index contributed by atoms with van der Waals surface area (Å²) in [6, 6.07) is 4.89. The monoisotopic (exact) mass is 243 g/mol. The van der Waals surface area contributed by atoms with Gasteiger partial charge in [-0.2, -0.15) is 18.4 Å². The largest absolute Gasteiger partial charge is 0.490 e. The van der Waals surface area contributed by atoms with Crippen LogP contribution in [0.4, 0.5) is 13.2 Å². The topological polar surface area (TPSA) is 45.5 Å². The van der Waals surface area contributed by atoms with Crippen molar-refractivity contribution in [3.63, 3.8) is 0 Å². The fraction of sp³-hybridized carbons (Fsp3) is 0.364. The first-order valence-electron chi connectivity index (χ1n) is 4.86. The number of hydrogen-bond donors (Lipinski definition) is 0. The lowest BCUT2D eigenvalue weighted by molar-refractivity contribution is -0.139. The average Bonchev–Trinajstić information content (AvgIpc) is 3.08. The van der Waals surface area contributed by atoms with Gasteiger partial charge in [0.15, 0.2) is 0 Å². The maximum Gasteiger partial charge on any atom is 0.420 e. The molecule has 17 heavy (non-hydrogen) atoms. The molecule has 2 rings (SSSR count). The predicted molar refractivity (Wildman–Crippen MR) is 51.4 cm³/mol. The third-order valence-corrected chi connectivity index (χ3v) is 2.24. The van der Waals surface area contributed by atoms with Crippen molar-refractivity contribution in [3.8, 4) is 11.8 Å². The summed E-state index contributed by atoms with van der Waals surface area (Å²) < 4.78 is 47.9. The molecule has 0 spiro atoms. The van der Waals surface area contributed by atoms with E-state index in [-0.39, 0.29) is 24.0 Å². The van der Waals surface area contributed by atoms with Crippen LogP contribution in [0, 0.1) is 11.3 Å². The maximum absolute atomic E-state index is 12.7. The summed E-state index contributed by atoms with van der Waals surface area (Å²) in [7, 11) is 0. The molecule has 0 radical (unpaired) electrons. The highest BCUT2D eigenvalue weighted by atomic mass is 19.4. The molecule has 1 unspecified atom stereocenters. The highest BCUT2D eigenvalue weighted by Crippen LogP contribution is 2.37. The molecule has 90 valence electrons. The van der Waals surface area contributed by atoms with Crippen LogP contribution in [0.2, 0.25) is 0 Å². The van der Waals surface area contributed by atoms with Gasteiger partial charge in [0.1, 0.15) is 18.5 Å². The van der Waals surface area contributed by atoms with Crippen molar-refractivity contribution in [1.82, 2.24) is 0 Å². The summed E-state index contributed by atoms with van der Waals surface area (Å²) in [6.07, 6.45) is -4.65. The van der Waals surface area contributed by atoms with Crippen molar-refractivity contribution in [2.75, 3.05) is 13.2 Å². The van der Waals surface area contributed by atoms with Crippen molar-refractivity contribution in [2.24, 2.45) is 0 Å². The Hall–Kier alpha value is -1.74. The molecule has 1 saturated heterocycles. The summed E-state index contributed by atoms with van der Waals surface area (Å²) in [4.78, 5) is 0. The van der Waals surface area contributed by atoms with Gasteiger partial charge < -0.3 is 9.47 Å². The third-order valence-electron chi connectivity index (χ3n) is 2.24. The van der Waals surface area contributed by atoms with Crippen molar-refractivity contribution < 1.29 is 22.6 Å². The second-order valence-corrected chi connectivity index (χ2v) is 3.59. The Morgan fingerprint density at radius 2 is 2.18 bits per heavy atom. The summed E-state index contributed by atoms with van der Waals surface area (Å²) in [5.41, 5.74) is -0.982. The standard InChI is InChI=1S/C11H8F3NO2/c12-11(13,14)9-3-7(4-15)1-2-10(9)17-6-8-5-16-8/h1-3,8H,5-6H2. The Balaban J connectivity index is 2.25. The fourth-order valence-corrected chi connectivity index (χ4v) is 1.29. The number of alkyl halides is 3. The van der Waals surface area contributed by atoms with E-state index in [0.717, 1.165) is 12.1 Å². The van der Waals surface area contributed by atoms with Crippen LogP contribution in [0.5, 0.6) is 5.75 Å². The van der Waals surface area contributed by atoms with E-state index < -0.39 is 11.7 Å². The third kappa shape index (κ3) is 2.88. The molecule has 0 aliphatic carbocycles. The number of epoxide rings is 1. The number of hydrogen-bond acceptors (Lipinski definition) is 3. The zero-order chi connectivity index (χ0) is 12.5. The zero-order valence-corrected chi connectivity index (χ0v) is 8.62. The minimum Gasteiger partial charge on any atom is -0.490 e. The van der Waals surface area contributed by atoms with E-state index in [0.29, 0.717) is 6.61 Å². The fourth-order valence-electron chi connectivity index (χ4n) is 1.29. The Morgan fingerprint density at radius 1 is 1.47 bits per heavy atom. The van der Waals surface area contributed by atoms with Gasteiger partial charge in [-0.1, -0.05) is 0 Å². The molecule has 6 heteroatoms. The number of nitriles is 1. The molecule has 1 aromatic rings. The molecule has 0 bridgehead atoms. The number of benzene rings is 1. The molecular formula is C11H8F3NO2. The van der Waals surface area contributed by atoms with Gasteiger partial charge in [0.2, 0.25) is 0 Å². The van der Waals surface area contributed by atoms with Crippen molar-refractivity contribution in [1.29, 1.82) is 5.26 Å². The lowest BCUT2D eigenvalue weighted by Crippen LogP contribution is -2.11. The Bertz CT molecular complexity index is 461. The normalized spacial score (nSPS) is 18.6. The van der Waals surface area contributed by atoms with E-state index in [1.165, 1.54) is 6.07 Å². The van der Waals surface area contributed by atoms with Gasteiger partial charge in [-0.15, -0.1) is 0 Å². The molecule has 0 aromatic heterocycles. The van der Waals surface area contributed by atoms with Crippen LogP contribution in [0.15, 0.2) is 18.2 Å². The molecule has 1 fully saturated rings. The summed E-state index contributed by atoms with van der Waals surface area (Å²) >= 11 is 0. The van der Waals surface area contributed by atoms with E-state index in [9.17, 15) is 13.2 Å². The minimum absolute atomic E-state index is 0.0488. The summed E-state index contributed by atoms with van der Waals surface area (Å²) in [6.45, 7) is 0.604. The van der Waals surface area contributed by atoms with Crippen LogP contribution in [-0.2, 0) is 10.9 Å². The van der Waals surface area contributed by atoms with E-state index in [4.69, 9.17) is 14.7 Å². The van der Waals surface area contributed by atoms with Crippen LogP contribution in [0.3, 0.4) is 0 Å². The predicted octanol–water partition coefficient (Wildman–Crippen LogP) is 2.35. The molecule has 1 heterocycles. The van der Waals surface area contributed by atoms with Gasteiger partial charge in [0.05, 0.1) is 23.8 Å². The van der Waals surface area contributed by atoms with E-state index in [2.05, 4.69) is 0 Å². The van der Waals surface area contributed by atoms with Gasteiger partial charge in [0, 0.05) is 0 Å². The van der Waals surface area contributed by atoms with E-state index in [1.54, 1.807) is 6.07 Å². The quantitative estimate of drug-likeness (QED) is 0.765. The maximum atomic E-state index is 12.7. The molecule has 0 saturated carbocycles. The van der Waals surface area contributed by atoms with Crippen LogP contribution in [-0.4, -0.2) is 19.3 Å². The number of ether oxygens (including phenoxy) is 2. The van der Waals surface area contributed by atoms with Crippen LogP contribution in [0.1, 0.15) is 11.1 Å². The minimum atomic E-state index is -4.54. The number of rotatable bonds is 3. The van der Waals surface area contributed by atoms with Gasteiger partial charge in [-0.25, -0.2) is 0 Å². The highest BCUT2D eigenvalue weighted by molar-refractivity contribution is 5.43. The molecule has 1 aromatic carbocycles. The van der Waals surface area contributed by atoms with Gasteiger partial charge >= 0.3 is 6.18 Å². The second kappa shape index (κ2) is 4.26. The van der Waals surface area contributed by atoms with Crippen molar-refractivity contribution in [3.05, 3.63) is 29.3 Å². The SMILES string of the molecule is N#Cc1ccc(OCC2CO2)c(C(F)(F)F)c1. The Labute approximate surface area is 95.4 Å². The van der Waals surface area contributed by atoms with Crippen LogP contribution >= 0.6 is 0 Å². The van der Waals surface area contributed by atoms with Crippen LogP contribution in [0.25, 0.3) is 0 Å². The molecule has 0 amide bonds. The first-order valence-corrected chi connectivity index (χ1v) is 4.86. The average molecular weight is 243 g/mol. The highest BCUT2D eigenvalue weighted by Gasteiger charge is 2.35. The lowest BCUT2D eigenvalue weighted by Gasteiger charge is -2.13. The number of nitrogens with zero attached hydrogens (tertiary/aromatic N) is 1. The Morgan fingerprint density at radius 3 is 2.71 bits per heavy atom. The second-order valence-electron chi connectivity index (χ2n) is 3.59. The van der Waals surface area contributed by atoms with Crippen molar-refractivity contribution >= 4 is 0 Å². The molecule has 1 aliphatic rings. The summed E-state index contributed by atoms with van der Waals surface area (Å²) in [5, 5.41) is 8.57. The smallest absolute Gasteiger partial charge is 0.420 e. The molecular weight excluding hydrogens is 235 g/mol. The molecule has 0 N–H and O–H groups in total. The van der Waals surface area contributed by atoms with Gasteiger partial charge in [-0.05, 0) is 18.2 Å². The van der Waals surface area contributed by atoms with Crippen LogP contribution < -0.4 is 4.74 Å².